The first kappa shape index (κ1) is 15.9. The van der Waals surface area contributed by atoms with Gasteiger partial charge in [0.2, 0.25) is 0 Å². The summed E-state index contributed by atoms with van der Waals surface area (Å²) in [6, 6.07) is 17.0. The van der Waals surface area contributed by atoms with Gasteiger partial charge in [-0.2, -0.15) is 0 Å². The second-order valence-electron chi connectivity index (χ2n) is 5.52. The third-order valence-corrected chi connectivity index (χ3v) is 3.70. The van der Waals surface area contributed by atoms with Gasteiger partial charge in [-0.15, -0.1) is 0 Å². The summed E-state index contributed by atoms with van der Waals surface area (Å²) >= 11 is 0. The lowest BCUT2D eigenvalue weighted by atomic mass is 10.2. The van der Waals surface area contributed by atoms with E-state index in [2.05, 4.69) is 32.3 Å². The van der Waals surface area contributed by atoms with Crippen molar-refractivity contribution in [2.45, 2.75) is 13.1 Å². The molecule has 0 bridgehead atoms. The SMILES string of the molecule is CN(Cc1ccccc1)c1ncccc1CNc1ncccc1F. The molecular weight excluding hydrogens is 303 g/mol. The van der Waals surface area contributed by atoms with Crippen LogP contribution in [0.4, 0.5) is 16.0 Å². The van der Waals surface area contributed by atoms with E-state index in [9.17, 15) is 4.39 Å². The van der Waals surface area contributed by atoms with E-state index >= 15 is 0 Å². The predicted octanol–water partition coefficient (Wildman–Crippen LogP) is 3.86. The number of pyridine rings is 2. The molecule has 122 valence electrons. The first-order valence-corrected chi connectivity index (χ1v) is 7.77. The van der Waals surface area contributed by atoms with E-state index in [0.717, 1.165) is 17.9 Å². The summed E-state index contributed by atoms with van der Waals surface area (Å²) in [5, 5.41) is 3.04. The second-order valence-corrected chi connectivity index (χ2v) is 5.52. The summed E-state index contributed by atoms with van der Waals surface area (Å²) in [7, 11) is 2.00. The molecule has 1 aromatic carbocycles. The van der Waals surface area contributed by atoms with E-state index in [0.29, 0.717) is 6.54 Å². The van der Waals surface area contributed by atoms with Crippen LogP contribution >= 0.6 is 0 Å². The summed E-state index contributed by atoms with van der Waals surface area (Å²) in [5.74, 6) is 0.754. The van der Waals surface area contributed by atoms with E-state index in [1.165, 1.54) is 11.6 Å². The first-order valence-electron chi connectivity index (χ1n) is 7.77. The van der Waals surface area contributed by atoms with Crippen LogP contribution in [-0.2, 0) is 13.1 Å². The highest BCUT2D eigenvalue weighted by Crippen LogP contribution is 2.20. The predicted molar refractivity (Wildman–Crippen MR) is 94.3 cm³/mol. The van der Waals surface area contributed by atoms with Gasteiger partial charge < -0.3 is 10.2 Å². The van der Waals surface area contributed by atoms with Gasteiger partial charge in [-0.25, -0.2) is 14.4 Å². The molecule has 1 N–H and O–H groups in total. The Morgan fingerprint density at radius 2 is 1.71 bits per heavy atom. The van der Waals surface area contributed by atoms with Gasteiger partial charge in [0.15, 0.2) is 11.6 Å². The van der Waals surface area contributed by atoms with Crippen molar-refractivity contribution in [3.05, 3.63) is 83.9 Å². The van der Waals surface area contributed by atoms with Crippen LogP contribution in [0.3, 0.4) is 0 Å². The number of hydrogen-bond acceptors (Lipinski definition) is 4. The number of rotatable bonds is 6. The van der Waals surface area contributed by atoms with E-state index in [4.69, 9.17) is 0 Å². The quantitative estimate of drug-likeness (QED) is 0.748. The fraction of sp³-hybridized carbons (Fsp3) is 0.158. The molecule has 0 saturated heterocycles. The number of nitrogens with zero attached hydrogens (tertiary/aromatic N) is 3. The van der Waals surface area contributed by atoms with Crippen LogP contribution in [-0.4, -0.2) is 17.0 Å². The van der Waals surface area contributed by atoms with Gasteiger partial charge in [0.25, 0.3) is 0 Å². The van der Waals surface area contributed by atoms with E-state index in [1.807, 2.05) is 37.4 Å². The number of halogens is 1. The Bertz CT molecular complexity index is 792. The average molecular weight is 322 g/mol. The van der Waals surface area contributed by atoms with Crippen molar-refractivity contribution < 1.29 is 4.39 Å². The summed E-state index contributed by atoms with van der Waals surface area (Å²) in [6.45, 7) is 1.21. The third-order valence-electron chi connectivity index (χ3n) is 3.70. The lowest BCUT2D eigenvalue weighted by molar-refractivity contribution is 0.624. The third kappa shape index (κ3) is 3.87. The Hall–Kier alpha value is -2.95. The van der Waals surface area contributed by atoms with Crippen LogP contribution < -0.4 is 10.2 Å². The molecule has 2 heterocycles. The normalized spacial score (nSPS) is 10.4. The Balaban J connectivity index is 1.74. The van der Waals surface area contributed by atoms with E-state index in [-0.39, 0.29) is 11.6 Å². The molecule has 3 aromatic rings. The maximum Gasteiger partial charge on any atom is 0.165 e. The Morgan fingerprint density at radius 1 is 0.958 bits per heavy atom. The Kier molecular flexibility index (Phi) is 5.01. The fourth-order valence-corrected chi connectivity index (χ4v) is 2.54. The Morgan fingerprint density at radius 3 is 2.50 bits per heavy atom. The smallest absolute Gasteiger partial charge is 0.165 e. The van der Waals surface area contributed by atoms with Gasteiger partial charge >= 0.3 is 0 Å². The van der Waals surface area contributed by atoms with Crippen molar-refractivity contribution in [2.75, 3.05) is 17.3 Å². The highest BCUT2D eigenvalue weighted by Gasteiger charge is 2.10. The number of benzene rings is 1. The minimum absolute atomic E-state index is 0.248. The molecule has 0 unspecified atom stereocenters. The topological polar surface area (TPSA) is 41.1 Å². The van der Waals surface area contributed by atoms with Crippen LogP contribution in [0, 0.1) is 5.82 Å². The molecular formula is C19H19FN4. The van der Waals surface area contributed by atoms with E-state index in [1.54, 1.807) is 18.5 Å². The van der Waals surface area contributed by atoms with Crippen LogP contribution in [0.1, 0.15) is 11.1 Å². The van der Waals surface area contributed by atoms with Gasteiger partial charge in [0.1, 0.15) is 5.82 Å². The van der Waals surface area contributed by atoms with Crippen LogP contribution in [0.5, 0.6) is 0 Å². The van der Waals surface area contributed by atoms with E-state index < -0.39 is 0 Å². The van der Waals surface area contributed by atoms with Crippen LogP contribution in [0.15, 0.2) is 67.0 Å². The van der Waals surface area contributed by atoms with Crippen molar-refractivity contribution >= 4 is 11.6 Å². The molecule has 2 aromatic heterocycles. The number of nitrogens with one attached hydrogen (secondary N) is 1. The van der Waals surface area contributed by atoms with Gasteiger partial charge in [-0.1, -0.05) is 36.4 Å². The van der Waals surface area contributed by atoms with Crippen molar-refractivity contribution in [3.8, 4) is 0 Å². The number of aromatic nitrogens is 2. The molecule has 0 aliphatic rings. The zero-order valence-electron chi connectivity index (χ0n) is 13.5. The fourth-order valence-electron chi connectivity index (χ4n) is 2.54. The van der Waals surface area contributed by atoms with Crippen molar-refractivity contribution in [3.63, 3.8) is 0 Å². The van der Waals surface area contributed by atoms with Crippen molar-refractivity contribution in [1.29, 1.82) is 0 Å². The second kappa shape index (κ2) is 7.55. The van der Waals surface area contributed by atoms with Crippen molar-refractivity contribution in [1.82, 2.24) is 9.97 Å². The minimum atomic E-state index is -0.361. The maximum atomic E-state index is 13.7. The van der Waals surface area contributed by atoms with Gasteiger partial charge in [0, 0.05) is 38.1 Å². The van der Waals surface area contributed by atoms with Gasteiger partial charge in [-0.05, 0) is 23.8 Å². The lowest BCUT2D eigenvalue weighted by Crippen LogP contribution is -2.20. The summed E-state index contributed by atoms with van der Waals surface area (Å²) in [6.07, 6.45) is 3.33. The molecule has 0 spiro atoms. The maximum absolute atomic E-state index is 13.7. The lowest BCUT2D eigenvalue weighted by Gasteiger charge is -2.21. The molecule has 0 radical (unpaired) electrons. The zero-order chi connectivity index (χ0) is 16.8. The molecule has 0 atom stereocenters. The van der Waals surface area contributed by atoms with Crippen LogP contribution in [0.2, 0.25) is 0 Å². The highest BCUT2D eigenvalue weighted by atomic mass is 19.1. The molecule has 0 aliphatic carbocycles. The van der Waals surface area contributed by atoms with Gasteiger partial charge in [0.05, 0.1) is 0 Å². The molecule has 0 fully saturated rings. The standard InChI is InChI=1S/C19H19FN4/c1-24(14-15-7-3-2-4-8-15)19-16(9-5-12-22-19)13-23-18-17(20)10-6-11-21-18/h2-12H,13-14H2,1H3,(H,21,23). The monoisotopic (exact) mass is 322 g/mol. The molecule has 3 rings (SSSR count). The molecule has 0 amide bonds. The van der Waals surface area contributed by atoms with Crippen LogP contribution in [0.25, 0.3) is 0 Å². The van der Waals surface area contributed by atoms with Gasteiger partial charge in [-0.3, -0.25) is 0 Å². The first-order chi connectivity index (χ1) is 11.7. The highest BCUT2D eigenvalue weighted by molar-refractivity contribution is 5.49. The number of anilines is 2. The van der Waals surface area contributed by atoms with Crippen molar-refractivity contribution in [2.24, 2.45) is 0 Å². The summed E-state index contributed by atoms with van der Waals surface area (Å²) < 4.78 is 13.7. The minimum Gasteiger partial charge on any atom is -0.363 e. The molecule has 4 nitrogen and oxygen atoms in total. The summed E-state index contributed by atoms with van der Waals surface area (Å²) in [4.78, 5) is 10.6. The Labute approximate surface area is 141 Å². The molecule has 0 saturated carbocycles. The number of hydrogen-bond donors (Lipinski definition) is 1. The molecule has 0 aliphatic heterocycles. The molecule has 5 heteroatoms. The average Bonchev–Trinajstić information content (AvgIpc) is 2.62. The zero-order valence-corrected chi connectivity index (χ0v) is 13.5. The molecule has 24 heavy (non-hydrogen) atoms. The summed E-state index contributed by atoms with van der Waals surface area (Å²) in [5.41, 5.74) is 2.20. The largest absolute Gasteiger partial charge is 0.363 e.